The Morgan fingerprint density at radius 1 is 1.15 bits per heavy atom. The maximum atomic E-state index is 12.7. The lowest BCUT2D eigenvalue weighted by Gasteiger charge is -2.11. The van der Waals surface area contributed by atoms with E-state index in [-0.39, 0.29) is 5.57 Å². The van der Waals surface area contributed by atoms with Gasteiger partial charge in [-0.2, -0.15) is 5.26 Å². The Morgan fingerprint density at radius 3 is 2.74 bits per heavy atom. The number of para-hydroxylation sites is 1. The first-order valence-electron chi connectivity index (χ1n) is 10.7. The lowest BCUT2D eigenvalue weighted by atomic mass is 10.1. The molecule has 4 aromatic rings. The SMILES string of the molecule is N#C/C(=C/c1cc(Br)ccc1OCc1ccc(I)cc1)C(=O)NCCc1c[nH]c2ccccc12. The van der Waals surface area contributed by atoms with E-state index >= 15 is 0 Å². The van der Waals surface area contributed by atoms with Crippen molar-refractivity contribution in [2.45, 2.75) is 13.0 Å². The molecule has 3 aromatic carbocycles. The highest BCUT2D eigenvalue weighted by atomic mass is 127. The monoisotopic (exact) mass is 625 g/mol. The predicted molar refractivity (Wildman–Crippen MR) is 146 cm³/mol. The number of H-pyrrole nitrogens is 1. The van der Waals surface area contributed by atoms with Crippen LogP contribution in [0.5, 0.6) is 5.75 Å². The van der Waals surface area contributed by atoms with Gasteiger partial charge >= 0.3 is 0 Å². The molecule has 1 heterocycles. The van der Waals surface area contributed by atoms with Gasteiger partial charge in [0.2, 0.25) is 0 Å². The minimum atomic E-state index is -0.411. The summed E-state index contributed by atoms with van der Waals surface area (Å²) in [4.78, 5) is 16.0. The Bertz CT molecular complexity index is 1390. The number of benzene rings is 3. The maximum Gasteiger partial charge on any atom is 0.261 e. The van der Waals surface area contributed by atoms with Crippen LogP contribution in [0.25, 0.3) is 17.0 Å². The zero-order valence-corrected chi connectivity index (χ0v) is 21.9. The number of nitrogens with zero attached hydrogens (tertiary/aromatic N) is 1. The van der Waals surface area contributed by atoms with Crippen LogP contribution in [0.1, 0.15) is 16.7 Å². The van der Waals surface area contributed by atoms with Gasteiger partial charge in [0.05, 0.1) is 0 Å². The molecule has 0 spiro atoms. The molecule has 1 aromatic heterocycles. The number of rotatable bonds is 8. The highest BCUT2D eigenvalue weighted by Crippen LogP contribution is 2.27. The van der Waals surface area contributed by atoms with Crippen LogP contribution in [-0.2, 0) is 17.8 Å². The van der Waals surface area contributed by atoms with Crippen molar-refractivity contribution < 1.29 is 9.53 Å². The fraction of sp³-hybridized carbons (Fsp3) is 0.111. The molecule has 0 saturated heterocycles. The number of hydrogen-bond donors (Lipinski definition) is 2. The molecule has 0 aliphatic carbocycles. The third kappa shape index (κ3) is 6.07. The fourth-order valence-corrected chi connectivity index (χ4v) is 4.29. The second-order valence-corrected chi connectivity index (χ2v) is 9.79. The Morgan fingerprint density at radius 2 is 1.94 bits per heavy atom. The summed E-state index contributed by atoms with van der Waals surface area (Å²) < 4.78 is 7.99. The average molecular weight is 626 g/mol. The maximum absolute atomic E-state index is 12.7. The molecule has 0 atom stereocenters. The number of nitrogens with one attached hydrogen (secondary N) is 2. The van der Waals surface area contributed by atoms with E-state index in [1.54, 1.807) is 6.08 Å². The van der Waals surface area contributed by atoms with Crippen molar-refractivity contribution in [3.63, 3.8) is 0 Å². The predicted octanol–water partition coefficient (Wildman–Crippen LogP) is 6.38. The van der Waals surface area contributed by atoms with Crippen LogP contribution < -0.4 is 10.1 Å². The van der Waals surface area contributed by atoms with E-state index in [1.165, 1.54) is 0 Å². The minimum absolute atomic E-state index is 0.0242. The first-order valence-corrected chi connectivity index (χ1v) is 12.5. The quantitative estimate of drug-likeness (QED) is 0.136. The molecule has 0 bridgehead atoms. The van der Waals surface area contributed by atoms with Crippen LogP contribution in [0.2, 0.25) is 0 Å². The third-order valence-electron chi connectivity index (χ3n) is 5.30. The number of carbonyl (C=O) groups is 1. The molecule has 34 heavy (non-hydrogen) atoms. The lowest BCUT2D eigenvalue weighted by molar-refractivity contribution is -0.117. The molecule has 0 saturated carbocycles. The zero-order valence-electron chi connectivity index (χ0n) is 18.1. The van der Waals surface area contributed by atoms with Crippen molar-refractivity contribution in [3.05, 3.63) is 103 Å². The number of ether oxygens (including phenoxy) is 1. The molecule has 2 N–H and O–H groups in total. The average Bonchev–Trinajstić information content (AvgIpc) is 3.26. The van der Waals surface area contributed by atoms with Gasteiger partial charge in [-0.05, 0) is 82.6 Å². The van der Waals surface area contributed by atoms with E-state index in [0.29, 0.717) is 30.9 Å². The normalized spacial score (nSPS) is 11.3. The molecule has 0 fully saturated rings. The Labute approximate surface area is 220 Å². The summed E-state index contributed by atoms with van der Waals surface area (Å²) in [5.74, 6) is 0.187. The van der Waals surface area contributed by atoms with Gasteiger partial charge in [0, 0.05) is 37.3 Å². The van der Waals surface area contributed by atoms with Gasteiger partial charge in [-0.25, -0.2) is 0 Å². The van der Waals surface area contributed by atoms with E-state index in [0.717, 1.165) is 30.1 Å². The first-order chi connectivity index (χ1) is 16.5. The number of hydrogen-bond acceptors (Lipinski definition) is 3. The molecule has 0 radical (unpaired) electrons. The van der Waals surface area contributed by atoms with Crippen LogP contribution >= 0.6 is 38.5 Å². The molecule has 0 unspecified atom stereocenters. The Balaban J connectivity index is 1.44. The smallest absolute Gasteiger partial charge is 0.261 e. The summed E-state index contributed by atoms with van der Waals surface area (Å²) in [6, 6.07) is 23.7. The van der Waals surface area contributed by atoms with E-state index in [2.05, 4.69) is 54.9 Å². The summed E-state index contributed by atoms with van der Waals surface area (Å²) in [5, 5.41) is 13.6. The number of aromatic nitrogens is 1. The largest absolute Gasteiger partial charge is 0.488 e. The van der Waals surface area contributed by atoms with Crippen LogP contribution in [0.4, 0.5) is 0 Å². The van der Waals surface area contributed by atoms with Crippen molar-refractivity contribution >= 4 is 61.4 Å². The van der Waals surface area contributed by atoms with Crippen molar-refractivity contribution in [3.8, 4) is 11.8 Å². The van der Waals surface area contributed by atoms with Gasteiger partial charge in [0.25, 0.3) is 5.91 Å². The van der Waals surface area contributed by atoms with Crippen molar-refractivity contribution in [2.75, 3.05) is 6.54 Å². The number of halogens is 2. The molecule has 0 aliphatic heterocycles. The highest BCUT2D eigenvalue weighted by Gasteiger charge is 2.12. The topological polar surface area (TPSA) is 77.9 Å². The van der Waals surface area contributed by atoms with Gasteiger partial charge in [-0.3, -0.25) is 4.79 Å². The summed E-state index contributed by atoms with van der Waals surface area (Å²) in [7, 11) is 0. The lowest BCUT2D eigenvalue weighted by Crippen LogP contribution is -2.26. The molecule has 7 heteroatoms. The Kier molecular flexibility index (Phi) is 8.03. The number of nitriles is 1. The van der Waals surface area contributed by atoms with Crippen LogP contribution in [0.15, 0.2) is 83.0 Å². The van der Waals surface area contributed by atoms with Gasteiger partial charge < -0.3 is 15.0 Å². The van der Waals surface area contributed by atoms with Gasteiger partial charge in [-0.15, -0.1) is 0 Å². The summed E-state index contributed by atoms with van der Waals surface area (Å²) in [6.07, 6.45) is 4.18. The van der Waals surface area contributed by atoms with E-state index in [4.69, 9.17) is 4.74 Å². The molecule has 1 amide bonds. The van der Waals surface area contributed by atoms with Crippen LogP contribution in [0.3, 0.4) is 0 Å². The minimum Gasteiger partial charge on any atom is -0.488 e. The molecule has 0 aliphatic rings. The van der Waals surface area contributed by atoms with E-state index in [9.17, 15) is 10.1 Å². The van der Waals surface area contributed by atoms with Crippen molar-refractivity contribution in [1.29, 1.82) is 5.26 Å². The molecule has 170 valence electrons. The van der Waals surface area contributed by atoms with Crippen molar-refractivity contribution in [1.82, 2.24) is 10.3 Å². The summed E-state index contributed by atoms with van der Waals surface area (Å²) in [5.41, 5.74) is 3.90. The zero-order chi connectivity index (χ0) is 23.9. The summed E-state index contributed by atoms with van der Waals surface area (Å²) in [6.45, 7) is 0.812. The number of carbonyl (C=O) groups excluding carboxylic acids is 1. The second kappa shape index (κ2) is 11.4. The van der Waals surface area contributed by atoms with E-state index in [1.807, 2.05) is 72.9 Å². The number of amides is 1. The van der Waals surface area contributed by atoms with Crippen molar-refractivity contribution in [2.24, 2.45) is 0 Å². The summed E-state index contributed by atoms with van der Waals surface area (Å²) >= 11 is 5.72. The molecular formula is C27H21BrIN3O2. The highest BCUT2D eigenvalue weighted by molar-refractivity contribution is 14.1. The van der Waals surface area contributed by atoms with Gasteiger partial charge in [-0.1, -0.05) is 46.3 Å². The Hall–Kier alpha value is -3.09. The van der Waals surface area contributed by atoms with Crippen LogP contribution in [0, 0.1) is 14.9 Å². The molecule has 5 nitrogen and oxygen atoms in total. The molecular weight excluding hydrogens is 605 g/mol. The van der Waals surface area contributed by atoms with E-state index < -0.39 is 5.91 Å². The van der Waals surface area contributed by atoms with Crippen LogP contribution in [-0.4, -0.2) is 17.4 Å². The second-order valence-electron chi connectivity index (χ2n) is 7.63. The third-order valence-corrected chi connectivity index (χ3v) is 6.51. The first kappa shape index (κ1) is 24.0. The number of fused-ring (bicyclic) bond motifs is 1. The fourth-order valence-electron chi connectivity index (χ4n) is 3.55. The number of aromatic amines is 1. The molecule has 4 rings (SSSR count). The standard InChI is InChI=1S/C27H21BrIN3O2/c28-22-7-10-26(34-17-18-5-8-23(29)9-6-18)20(14-22)13-21(15-30)27(33)31-12-11-19-16-32-25-4-2-1-3-24(19)25/h1-10,13-14,16,32H,11-12,17H2,(H,31,33)/b21-13-. The van der Waals surface area contributed by atoms with Gasteiger partial charge in [0.1, 0.15) is 24.0 Å². The van der Waals surface area contributed by atoms with Gasteiger partial charge in [0.15, 0.2) is 0 Å².